The van der Waals surface area contributed by atoms with Crippen LogP contribution in [0, 0.1) is 0 Å². The Hall–Kier alpha value is -1.89. The highest BCUT2D eigenvalue weighted by atomic mass is 32.1. The van der Waals surface area contributed by atoms with Crippen LogP contribution in [0.25, 0.3) is 4.96 Å². The van der Waals surface area contributed by atoms with Gasteiger partial charge in [0.15, 0.2) is 11.6 Å². The lowest BCUT2D eigenvalue weighted by Crippen LogP contribution is -2.49. The topological polar surface area (TPSA) is 63.9 Å². The molecule has 6 nitrogen and oxygen atoms in total. The van der Waals surface area contributed by atoms with Gasteiger partial charge in [-0.3, -0.25) is 14.0 Å². The van der Waals surface area contributed by atoms with Gasteiger partial charge in [-0.1, -0.05) is 0 Å². The van der Waals surface area contributed by atoms with E-state index in [1.165, 1.54) is 11.3 Å². The number of fused-ring (bicyclic) bond motifs is 1. The molecule has 23 heavy (non-hydrogen) atoms. The molecule has 2 atom stereocenters. The number of likely N-dealkylation sites (tertiary alicyclic amines) is 1. The molecule has 0 radical (unpaired) electrons. The van der Waals surface area contributed by atoms with Gasteiger partial charge in [-0.25, -0.2) is 4.98 Å². The van der Waals surface area contributed by atoms with Crippen molar-refractivity contribution in [2.75, 3.05) is 6.61 Å². The molecule has 0 bridgehead atoms. The highest BCUT2D eigenvalue weighted by Gasteiger charge is 2.29. The molecular formula is C16H21N3O3S. The van der Waals surface area contributed by atoms with Crippen molar-refractivity contribution in [1.82, 2.24) is 14.3 Å². The molecule has 1 amide bonds. The van der Waals surface area contributed by atoms with Crippen LogP contribution in [0.2, 0.25) is 0 Å². The van der Waals surface area contributed by atoms with E-state index in [9.17, 15) is 9.59 Å². The summed E-state index contributed by atoms with van der Waals surface area (Å²) in [7, 11) is 0. The number of carbonyl (C=O) groups is 2. The summed E-state index contributed by atoms with van der Waals surface area (Å²) in [5.41, 5.74) is 0.661. The number of piperidine rings is 1. The third-order valence-electron chi connectivity index (χ3n) is 4.31. The van der Waals surface area contributed by atoms with Crippen LogP contribution in [0.3, 0.4) is 0 Å². The van der Waals surface area contributed by atoms with Crippen LogP contribution in [0.15, 0.2) is 17.8 Å². The number of rotatable bonds is 4. The Labute approximate surface area is 139 Å². The average Bonchev–Trinajstić information content (AvgIpc) is 3.06. The lowest BCUT2D eigenvalue weighted by Gasteiger charge is -2.38. The lowest BCUT2D eigenvalue weighted by molar-refractivity contribution is -0.154. The van der Waals surface area contributed by atoms with Gasteiger partial charge in [-0.2, -0.15) is 0 Å². The highest BCUT2D eigenvalue weighted by Crippen LogP contribution is 2.22. The Morgan fingerprint density at radius 3 is 2.78 bits per heavy atom. The number of carbonyl (C=O) groups excluding carboxylic acids is 2. The van der Waals surface area contributed by atoms with Gasteiger partial charge in [0, 0.05) is 29.9 Å². The van der Waals surface area contributed by atoms with Gasteiger partial charge in [0.05, 0.1) is 12.1 Å². The summed E-state index contributed by atoms with van der Waals surface area (Å²) < 4.78 is 7.02. The Bertz CT molecular complexity index is 670. The van der Waals surface area contributed by atoms with Gasteiger partial charge in [-0.15, -0.1) is 11.3 Å². The van der Waals surface area contributed by atoms with E-state index in [-0.39, 0.29) is 31.0 Å². The molecule has 0 aliphatic carbocycles. The van der Waals surface area contributed by atoms with Gasteiger partial charge in [-0.05, 0) is 33.1 Å². The molecule has 0 unspecified atom stereocenters. The van der Waals surface area contributed by atoms with E-state index >= 15 is 0 Å². The van der Waals surface area contributed by atoms with Gasteiger partial charge < -0.3 is 9.64 Å². The summed E-state index contributed by atoms with van der Waals surface area (Å²) in [5.74, 6) is -0.523. The van der Waals surface area contributed by atoms with Crippen molar-refractivity contribution in [3.05, 3.63) is 23.5 Å². The molecule has 7 heteroatoms. The minimum absolute atomic E-state index is 0.0901. The quantitative estimate of drug-likeness (QED) is 0.804. The number of hydrogen-bond donors (Lipinski definition) is 0. The molecule has 0 aromatic carbocycles. The maximum atomic E-state index is 12.3. The molecular weight excluding hydrogens is 314 g/mol. The minimum atomic E-state index is -0.415. The largest absolute Gasteiger partial charge is 0.455 e. The molecule has 124 valence electrons. The number of hydrogen-bond acceptors (Lipinski definition) is 5. The summed E-state index contributed by atoms with van der Waals surface area (Å²) in [4.78, 5) is 31.3. The van der Waals surface area contributed by atoms with Crippen molar-refractivity contribution >= 4 is 28.2 Å². The summed E-state index contributed by atoms with van der Waals surface area (Å²) in [6.45, 7) is 3.91. The number of ether oxygens (including phenoxy) is 1. The van der Waals surface area contributed by atoms with Gasteiger partial charge in [0.2, 0.25) is 0 Å². The van der Waals surface area contributed by atoms with E-state index in [1.54, 1.807) is 0 Å². The summed E-state index contributed by atoms with van der Waals surface area (Å²) in [5, 5.41) is 1.93. The van der Waals surface area contributed by atoms with E-state index < -0.39 is 5.97 Å². The Morgan fingerprint density at radius 1 is 1.35 bits per heavy atom. The molecule has 1 aliphatic heterocycles. The molecule has 3 rings (SSSR count). The van der Waals surface area contributed by atoms with Crippen LogP contribution in [0.5, 0.6) is 0 Å². The van der Waals surface area contributed by atoms with E-state index in [0.717, 1.165) is 24.2 Å². The first-order valence-corrected chi connectivity index (χ1v) is 8.80. The van der Waals surface area contributed by atoms with Crippen LogP contribution < -0.4 is 0 Å². The highest BCUT2D eigenvalue weighted by molar-refractivity contribution is 7.15. The van der Waals surface area contributed by atoms with Crippen molar-refractivity contribution in [3.63, 3.8) is 0 Å². The standard InChI is InChI=1S/C16H21N3O3S/c1-11-4-3-5-12(2)19(11)14(20)10-22-15(21)8-13-9-18-6-7-23-16(18)17-13/h6-7,9,11-12H,3-5,8,10H2,1-2H3/t11-,12-/m1/s1. The molecule has 3 heterocycles. The van der Waals surface area contributed by atoms with Crippen LogP contribution in [0.1, 0.15) is 38.8 Å². The van der Waals surface area contributed by atoms with Gasteiger partial charge in [0.1, 0.15) is 0 Å². The van der Waals surface area contributed by atoms with Crippen molar-refractivity contribution in [2.24, 2.45) is 0 Å². The van der Waals surface area contributed by atoms with E-state index in [0.29, 0.717) is 5.69 Å². The minimum Gasteiger partial charge on any atom is -0.455 e. The van der Waals surface area contributed by atoms with E-state index in [4.69, 9.17) is 4.74 Å². The number of esters is 1. The number of aromatic nitrogens is 2. The molecule has 0 saturated carbocycles. The van der Waals surface area contributed by atoms with E-state index in [2.05, 4.69) is 4.98 Å². The number of thiazole rings is 1. The smallest absolute Gasteiger partial charge is 0.312 e. The fourth-order valence-corrected chi connectivity index (χ4v) is 3.91. The summed E-state index contributed by atoms with van der Waals surface area (Å²) in [6, 6.07) is 0.426. The predicted molar refractivity (Wildman–Crippen MR) is 87.4 cm³/mol. The summed E-state index contributed by atoms with van der Waals surface area (Å²) in [6.07, 6.45) is 6.95. The third kappa shape index (κ3) is 3.55. The zero-order chi connectivity index (χ0) is 16.4. The second-order valence-electron chi connectivity index (χ2n) is 6.09. The number of imidazole rings is 1. The lowest BCUT2D eigenvalue weighted by atomic mass is 9.97. The fraction of sp³-hybridized carbons (Fsp3) is 0.562. The molecule has 2 aromatic heterocycles. The molecule has 2 aromatic rings. The Kier molecular flexibility index (Phi) is 4.66. The Balaban J connectivity index is 1.52. The maximum absolute atomic E-state index is 12.3. The molecule has 1 fully saturated rings. The van der Waals surface area contributed by atoms with Crippen molar-refractivity contribution in [1.29, 1.82) is 0 Å². The van der Waals surface area contributed by atoms with Crippen molar-refractivity contribution in [2.45, 2.75) is 51.6 Å². The zero-order valence-electron chi connectivity index (χ0n) is 13.4. The van der Waals surface area contributed by atoms with E-state index in [1.807, 2.05) is 40.9 Å². The Morgan fingerprint density at radius 2 is 2.09 bits per heavy atom. The summed E-state index contributed by atoms with van der Waals surface area (Å²) >= 11 is 1.51. The average molecular weight is 335 g/mol. The van der Waals surface area contributed by atoms with Crippen LogP contribution in [-0.4, -0.2) is 44.9 Å². The first-order valence-electron chi connectivity index (χ1n) is 7.92. The molecule has 0 N–H and O–H groups in total. The first kappa shape index (κ1) is 16.0. The second-order valence-corrected chi connectivity index (χ2v) is 6.97. The number of amides is 1. The van der Waals surface area contributed by atoms with Gasteiger partial charge in [0.25, 0.3) is 5.91 Å². The molecule has 1 saturated heterocycles. The van der Waals surface area contributed by atoms with Gasteiger partial charge >= 0.3 is 5.97 Å². The third-order valence-corrected chi connectivity index (χ3v) is 5.08. The fourth-order valence-electron chi connectivity index (χ4n) is 3.19. The second kappa shape index (κ2) is 6.70. The first-order chi connectivity index (χ1) is 11.0. The van der Waals surface area contributed by atoms with Crippen molar-refractivity contribution < 1.29 is 14.3 Å². The number of nitrogens with zero attached hydrogens (tertiary/aromatic N) is 3. The predicted octanol–water partition coefficient (Wildman–Crippen LogP) is 2.27. The van der Waals surface area contributed by atoms with Crippen LogP contribution in [0.4, 0.5) is 0 Å². The molecule has 0 spiro atoms. The van der Waals surface area contributed by atoms with Crippen LogP contribution in [-0.2, 0) is 20.7 Å². The maximum Gasteiger partial charge on any atom is 0.312 e. The van der Waals surface area contributed by atoms with Crippen molar-refractivity contribution in [3.8, 4) is 0 Å². The zero-order valence-corrected chi connectivity index (χ0v) is 14.2. The molecule has 1 aliphatic rings. The normalized spacial score (nSPS) is 21.6. The monoisotopic (exact) mass is 335 g/mol. The van der Waals surface area contributed by atoms with Crippen LogP contribution >= 0.6 is 11.3 Å². The SMILES string of the molecule is C[C@@H]1CCC[C@@H](C)N1C(=O)COC(=O)Cc1cn2ccsc2n1.